The van der Waals surface area contributed by atoms with Crippen molar-refractivity contribution in [3.05, 3.63) is 41.7 Å². The maximum Gasteiger partial charge on any atom is 0.310 e. The molecule has 0 saturated heterocycles. The lowest BCUT2D eigenvalue weighted by Gasteiger charge is -2.35. The van der Waals surface area contributed by atoms with Crippen LogP contribution in [0.3, 0.4) is 0 Å². The van der Waals surface area contributed by atoms with Crippen molar-refractivity contribution in [3.8, 4) is 0 Å². The molecule has 0 spiro atoms. The van der Waals surface area contributed by atoms with Gasteiger partial charge < -0.3 is 15.5 Å². The molecular weight excluding hydrogens is 302 g/mol. The summed E-state index contributed by atoms with van der Waals surface area (Å²) in [6.45, 7) is 3.04. The van der Waals surface area contributed by atoms with Gasteiger partial charge in [0.05, 0.1) is 11.0 Å². The predicted octanol–water partition coefficient (Wildman–Crippen LogP) is 2.94. The Bertz CT molecular complexity index is 668. The zero-order valence-electron chi connectivity index (χ0n) is 12.3. The van der Waals surface area contributed by atoms with Gasteiger partial charge in [-0.1, -0.05) is 37.3 Å². The number of ketones is 1. The van der Waals surface area contributed by atoms with Crippen molar-refractivity contribution in [2.45, 2.75) is 20.3 Å². The van der Waals surface area contributed by atoms with Crippen LogP contribution in [0.25, 0.3) is 0 Å². The third-order valence-electron chi connectivity index (χ3n) is 4.18. The van der Waals surface area contributed by atoms with Gasteiger partial charge in [0.1, 0.15) is 10.7 Å². The molecule has 6 heteroatoms. The van der Waals surface area contributed by atoms with Gasteiger partial charge in [-0.3, -0.25) is 9.59 Å². The summed E-state index contributed by atoms with van der Waals surface area (Å²) in [5.74, 6) is -2.54. The summed E-state index contributed by atoms with van der Waals surface area (Å²) in [4.78, 5) is 23.8. The van der Waals surface area contributed by atoms with Crippen LogP contribution in [0.5, 0.6) is 0 Å². The van der Waals surface area contributed by atoms with E-state index in [9.17, 15) is 19.8 Å². The van der Waals surface area contributed by atoms with Gasteiger partial charge in [-0.2, -0.15) is 0 Å². The number of nitrogens with one attached hydrogen (secondary N) is 1. The van der Waals surface area contributed by atoms with Crippen molar-refractivity contribution in [2.24, 2.45) is 11.3 Å². The molecule has 2 atom stereocenters. The second-order valence-electron chi connectivity index (χ2n) is 5.62. The third-order valence-corrected chi connectivity index (χ3v) is 4.48. The Morgan fingerprint density at radius 2 is 1.95 bits per heavy atom. The Labute approximate surface area is 133 Å². The molecule has 3 N–H and O–H groups in total. The number of aliphatic hydroxyl groups excluding tert-OH is 1. The highest BCUT2D eigenvalue weighted by Crippen LogP contribution is 2.42. The molecule has 0 saturated carbocycles. The van der Waals surface area contributed by atoms with Crippen LogP contribution in [-0.2, 0) is 9.59 Å². The molecule has 5 nitrogen and oxygen atoms in total. The highest BCUT2D eigenvalue weighted by atomic mass is 32.1. The first-order valence-electron chi connectivity index (χ1n) is 6.83. The quantitative estimate of drug-likeness (QED) is 0.743. The lowest BCUT2D eigenvalue weighted by Crippen LogP contribution is -2.43. The summed E-state index contributed by atoms with van der Waals surface area (Å²) in [6, 6.07) is 9.03. The summed E-state index contributed by atoms with van der Waals surface area (Å²) in [5.41, 5.74) is -0.627. The molecule has 0 heterocycles. The second kappa shape index (κ2) is 5.88. The van der Waals surface area contributed by atoms with Crippen LogP contribution >= 0.6 is 12.2 Å². The summed E-state index contributed by atoms with van der Waals surface area (Å²) >= 11 is 5.21. The molecule has 0 aromatic heterocycles. The van der Waals surface area contributed by atoms with Gasteiger partial charge in [-0.25, -0.2) is 0 Å². The first-order valence-corrected chi connectivity index (χ1v) is 7.24. The average molecular weight is 319 g/mol. The molecular formula is C16H17NO4S. The minimum absolute atomic E-state index is 0.00470. The van der Waals surface area contributed by atoms with E-state index < -0.39 is 23.1 Å². The van der Waals surface area contributed by atoms with Gasteiger partial charge in [0, 0.05) is 18.0 Å². The van der Waals surface area contributed by atoms with E-state index in [-0.39, 0.29) is 22.7 Å². The normalized spacial score (nSPS) is 25.0. The van der Waals surface area contributed by atoms with Gasteiger partial charge in [0.15, 0.2) is 5.78 Å². The second-order valence-corrected chi connectivity index (χ2v) is 6.03. The van der Waals surface area contributed by atoms with Gasteiger partial charge in [0.2, 0.25) is 0 Å². The Morgan fingerprint density at radius 1 is 1.36 bits per heavy atom. The number of para-hydroxylation sites is 1. The lowest BCUT2D eigenvalue weighted by atomic mass is 9.68. The number of carbonyl (C=O) groups excluding carboxylic acids is 1. The van der Waals surface area contributed by atoms with Crippen molar-refractivity contribution in [1.82, 2.24) is 0 Å². The van der Waals surface area contributed by atoms with Crippen LogP contribution < -0.4 is 5.32 Å². The fourth-order valence-corrected chi connectivity index (χ4v) is 2.79. The summed E-state index contributed by atoms with van der Waals surface area (Å²) in [7, 11) is 0. The minimum atomic E-state index is -1.33. The number of rotatable bonds is 3. The molecule has 0 amide bonds. The Morgan fingerprint density at radius 3 is 2.50 bits per heavy atom. The van der Waals surface area contributed by atoms with Crippen LogP contribution in [-0.4, -0.2) is 27.0 Å². The van der Waals surface area contributed by atoms with Crippen LogP contribution in [0.4, 0.5) is 5.69 Å². The zero-order chi connectivity index (χ0) is 16.5. The van der Waals surface area contributed by atoms with Gasteiger partial charge in [0.25, 0.3) is 0 Å². The summed E-state index contributed by atoms with van der Waals surface area (Å²) < 4.78 is 0. The first kappa shape index (κ1) is 16.2. The van der Waals surface area contributed by atoms with E-state index in [1.807, 2.05) is 18.2 Å². The molecule has 116 valence electrons. The van der Waals surface area contributed by atoms with E-state index in [1.54, 1.807) is 19.1 Å². The lowest BCUT2D eigenvalue weighted by molar-refractivity contribution is -0.154. The molecule has 1 aliphatic carbocycles. The van der Waals surface area contributed by atoms with E-state index in [0.29, 0.717) is 5.69 Å². The van der Waals surface area contributed by atoms with Crippen LogP contribution in [0.1, 0.15) is 20.3 Å². The molecule has 2 unspecified atom stereocenters. The number of carboxylic acids is 1. The van der Waals surface area contributed by atoms with E-state index in [2.05, 4.69) is 5.32 Å². The van der Waals surface area contributed by atoms with Gasteiger partial charge >= 0.3 is 5.97 Å². The monoisotopic (exact) mass is 319 g/mol. The molecule has 1 aromatic carbocycles. The van der Waals surface area contributed by atoms with Crippen molar-refractivity contribution >= 4 is 34.6 Å². The van der Waals surface area contributed by atoms with Crippen molar-refractivity contribution in [3.63, 3.8) is 0 Å². The molecule has 1 aliphatic rings. The predicted molar refractivity (Wildman–Crippen MR) is 86.8 cm³/mol. The standard InChI is InChI=1S/C16H17NO4S/c1-9-13(19)12(11(18)8-16(9,2)15(20)21)14(22)17-10-6-4-3-5-7-10/h3-7,9,19H,8H2,1-2H3,(H,17,22)(H,20,21). The highest BCUT2D eigenvalue weighted by Gasteiger charge is 2.48. The number of hydrogen-bond acceptors (Lipinski definition) is 4. The first-order chi connectivity index (χ1) is 10.3. The minimum Gasteiger partial charge on any atom is -0.511 e. The summed E-state index contributed by atoms with van der Waals surface area (Å²) in [5, 5.41) is 22.5. The average Bonchev–Trinajstić information content (AvgIpc) is 2.45. The number of benzene rings is 1. The molecule has 22 heavy (non-hydrogen) atoms. The number of thiocarbonyl (C=S) groups is 1. The van der Waals surface area contributed by atoms with Gasteiger partial charge in [-0.15, -0.1) is 0 Å². The maximum atomic E-state index is 12.3. The fourth-order valence-electron chi connectivity index (χ4n) is 2.45. The van der Waals surface area contributed by atoms with E-state index in [4.69, 9.17) is 12.2 Å². The molecule has 2 rings (SSSR count). The van der Waals surface area contributed by atoms with Gasteiger partial charge in [-0.05, 0) is 19.1 Å². The highest BCUT2D eigenvalue weighted by molar-refractivity contribution is 7.81. The fraction of sp³-hybridized carbons (Fsp3) is 0.312. The summed E-state index contributed by atoms with van der Waals surface area (Å²) in [6.07, 6.45) is -0.195. The maximum absolute atomic E-state index is 12.3. The van der Waals surface area contributed by atoms with Crippen LogP contribution in [0.15, 0.2) is 41.7 Å². The third kappa shape index (κ3) is 2.74. The molecule has 0 bridgehead atoms. The van der Waals surface area contributed by atoms with Crippen LogP contribution in [0, 0.1) is 11.3 Å². The Kier molecular flexibility index (Phi) is 4.32. The van der Waals surface area contributed by atoms with Crippen molar-refractivity contribution < 1.29 is 19.8 Å². The smallest absolute Gasteiger partial charge is 0.310 e. The number of aliphatic carboxylic acids is 1. The Balaban J connectivity index is 2.34. The van der Waals surface area contributed by atoms with Crippen molar-refractivity contribution in [2.75, 3.05) is 5.32 Å². The van der Waals surface area contributed by atoms with E-state index >= 15 is 0 Å². The number of hydrogen-bond donors (Lipinski definition) is 3. The Hall–Kier alpha value is -2.21. The topological polar surface area (TPSA) is 86.6 Å². The number of carboxylic acid groups (broad SMARTS) is 1. The number of aliphatic hydroxyl groups is 1. The molecule has 1 aromatic rings. The van der Waals surface area contributed by atoms with E-state index in [1.165, 1.54) is 6.92 Å². The molecule has 0 fully saturated rings. The zero-order valence-corrected chi connectivity index (χ0v) is 13.1. The van der Waals surface area contributed by atoms with Crippen molar-refractivity contribution in [1.29, 1.82) is 0 Å². The SMILES string of the molecule is CC1C(O)=C(C(=S)Nc2ccccc2)C(=O)CC1(C)C(=O)O. The molecule has 0 radical (unpaired) electrons. The number of allylic oxidation sites excluding steroid dienone is 1. The van der Waals surface area contributed by atoms with Crippen LogP contribution in [0.2, 0.25) is 0 Å². The number of Topliss-reactive ketones (excluding diaryl/α,β-unsaturated/α-hetero) is 1. The molecule has 0 aliphatic heterocycles. The largest absolute Gasteiger partial charge is 0.511 e. The number of anilines is 1. The number of carbonyl (C=O) groups is 2. The van der Waals surface area contributed by atoms with E-state index in [0.717, 1.165) is 0 Å².